The summed E-state index contributed by atoms with van der Waals surface area (Å²) >= 11 is 0. The van der Waals surface area contributed by atoms with Gasteiger partial charge in [0.25, 0.3) is 0 Å². The monoisotopic (exact) mass is 202 g/mol. The first-order chi connectivity index (χ1) is 7.36. The fourth-order valence-electron chi connectivity index (χ4n) is 3.10. The lowest BCUT2D eigenvalue weighted by atomic mass is 10.1. The van der Waals surface area contributed by atoms with Crippen LogP contribution in [0.25, 0.3) is 0 Å². The Morgan fingerprint density at radius 3 is 2.80 bits per heavy atom. The van der Waals surface area contributed by atoms with E-state index in [-0.39, 0.29) is 0 Å². The molecule has 1 heterocycles. The molecule has 1 aliphatic carbocycles. The van der Waals surface area contributed by atoms with Gasteiger partial charge >= 0.3 is 0 Å². The van der Waals surface area contributed by atoms with Crippen LogP contribution in [-0.2, 0) is 6.42 Å². The largest absolute Gasteiger partial charge is 0.397 e. The molecule has 1 fully saturated rings. The summed E-state index contributed by atoms with van der Waals surface area (Å²) in [7, 11) is 0. The molecule has 2 heteroatoms. The van der Waals surface area contributed by atoms with Gasteiger partial charge in [0.1, 0.15) is 0 Å². The van der Waals surface area contributed by atoms with Crippen molar-refractivity contribution in [2.24, 2.45) is 0 Å². The smallest absolute Gasteiger partial charge is 0.0635 e. The van der Waals surface area contributed by atoms with Gasteiger partial charge in [-0.2, -0.15) is 0 Å². The molecule has 1 saturated carbocycles. The predicted octanol–water partition coefficient (Wildman–Crippen LogP) is 2.57. The molecule has 0 atom stereocenters. The summed E-state index contributed by atoms with van der Waals surface area (Å²) in [5, 5.41) is 0. The van der Waals surface area contributed by atoms with Crippen molar-refractivity contribution in [3.8, 4) is 0 Å². The van der Waals surface area contributed by atoms with Crippen LogP contribution in [0.5, 0.6) is 0 Å². The fraction of sp³-hybridized carbons (Fsp3) is 0.538. The topological polar surface area (TPSA) is 29.3 Å². The Morgan fingerprint density at radius 1 is 1.20 bits per heavy atom. The number of rotatable bonds is 1. The number of nitrogens with zero attached hydrogens (tertiary/aromatic N) is 1. The minimum Gasteiger partial charge on any atom is -0.397 e. The minimum atomic E-state index is 0.760. The van der Waals surface area contributed by atoms with Crippen molar-refractivity contribution in [3.05, 3.63) is 23.8 Å². The first-order valence-electron chi connectivity index (χ1n) is 6.00. The highest BCUT2D eigenvalue weighted by atomic mass is 15.2. The van der Waals surface area contributed by atoms with E-state index in [0.717, 1.165) is 11.7 Å². The summed E-state index contributed by atoms with van der Waals surface area (Å²) in [6.07, 6.45) is 6.67. The molecule has 80 valence electrons. The second kappa shape index (κ2) is 3.44. The standard InChI is InChI=1S/C13H18N2/c14-12-7-3-4-10-8-9-15(13(10)12)11-5-1-2-6-11/h3-4,7,11H,1-2,5-6,8-9,14H2. The Balaban J connectivity index is 1.96. The molecule has 2 nitrogen and oxygen atoms in total. The van der Waals surface area contributed by atoms with E-state index < -0.39 is 0 Å². The van der Waals surface area contributed by atoms with Crippen LogP contribution >= 0.6 is 0 Å². The lowest BCUT2D eigenvalue weighted by molar-refractivity contribution is 0.626. The molecule has 0 amide bonds. The lowest BCUT2D eigenvalue weighted by Crippen LogP contribution is -2.31. The zero-order valence-corrected chi connectivity index (χ0v) is 9.08. The van der Waals surface area contributed by atoms with E-state index in [1.807, 2.05) is 6.07 Å². The fourth-order valence-corrected chi connectivity index (χ4v) is 3.10. The van der Waals surface area contributed by atoms with Gasteiger partial charge in [-0.25, -0.2) is 0 Å². The van der Waals surface area contributed by atoms with E-state index in [1.165, 1.54) is 49.9 Å². The van der Waals surface area contributed by atoms with Crippen LogP contribution in [-0.4, -0.2) is 12.6 Å². The maximum absolute atomic E-state index is 6.09. The highest BCUT2D eigenvalue weighted by molar-refractivity contribution is 5.74. The molecular weight excluding hydrogens is 184 g/mol. The average molecular weight is 202 g/mol. The molecule has 1 aromatic carbocycles. The van der Waals surface area contributed by atoms with Gasteiger partial charge < -0.3 is 10.6 Å². The van der Waals surface area contributed by atoms with Crippen LogP contribution in [0.4, 0.5) is 11.4 Å². The SMILES string of the molecule is Nc1cccc2c1N(C1CCCC1)CC2. The van der Waals surface area contributed by atoms with Gasteiger partial charge in [-0.3, -0.25) is 0 Å². The molecule has 1 aliphatic heterocycles. The predicted molar refractivity (Wildman–Crippen MR) is 64.2 cm³/mol. The summed E-state index contributed by atoms with van der Waals surface area (Å²) in [6, 6.07) is 7.09. The van der Waals surface area contributed by atoms with Gasteiger partial charge in [0.2, 0.25) is 0 Å². The number of hydrogen-bond donors (Lipinski definition) is 1. The van der Waals surface area contributed by atoms with E-state index in [9.17, 15) is 0 Å². The van der Waals surface area contributed by atoms with Crippen molar-refractivity contribution in [2.75, 3.05) is 17.2 Å². The van der Waals surface area contributed by atoms with Crippen molar-refractivity contribution in [3.63, 3.8) is 0 Å². The van der Waals surface area contributed by atoms with E-state index in [4.69, 9.17) is 5.73 Å². The van der Waals surface area contributed by atoms with Crippen molar-refractivity contribution in [1.82, 2.24) is 0 Å². The summed E-state index contributed by atoms with van der Waals surface area (Å²) < 4.78 is 0. The highest BCUT2D eigenvalue weighted by Gasteiger charge is 2.29. The quantitative estimate of drug-likeness (QED) is 0.709. The molecule has 2 N–H and O–H groups in total. The Bertz CT molecular complexity index is 367. The Kier molecular flexibility index (Phi) is 2.08. The molecule has 0 bridgehead atoms. The van der Waals surface area contributed by atoms with Crippen LogP contribution in [0.1, 0.15) is 31.2 Å². The van der Waals surface area contributed by atoms with Gasteiger partial charge in [-0.05, 0) is 30.9 Å². The second-order valence-electron chi connectivity index (χ2n) is 4.74. The van der Waals surface area contributed by atoms with Gasteiger partial charge in [0.05, 0.1) is 11.4 Å². The van der Waals surface area contributed by atoms with Crippen LogP contribution < -0.4 is 10.6 Å². The summed E-state index contributed by atoms with van der Waals surface area (Å²) in [5.74, 6) is 0. The van der Waals surface area contributed by atoms with Gasteiger partial charge in [-0.15, -0.1) is 0 Å². The second-order valence-corrected chi connectivity index (χ2v) is 4.74. The van der Waals surface area contributed by atoms with Crippen LogP contribution in [0, 0.1) is 0 Å². The number of para-hydroxylation sites is 1. The van der Waals surface area contributed by atoms with Crippen molar-refractivity contribution in [2.45, 2.75) is 38.1 Å². The Labute approximate surface area is 91.1 Å². The van der Waals surface area contributed by atoms with E-state index in [2.05, 4.69) is 17.0 Å². The Hall–Kier alpha value is -1.18. The minimum absolute atomic E-state index is 0.760. The molecule has 3 rings (SSSR count). The lowest BCUT2D eigenvalue weighted by Gasteiger charge is -2.27. The maximum atomic E-state index is 6.09. The molecular formula is C13H18N2. The van der Waals surface area contributed by atoms with Gasteiger partial charge in [-0.1, -0.05) is 25.0 Å². The maximum Gasteiger partial charge on any atom is 0.0635 e. The molecule has 0 unspecified atom stereocenters. The first-order valence-corrected chi connectivity index (χ1v) is 6.00. The third-order valence-corrected chi connectivity index (χ3v) is 3.83. The van der Waals surface area contributed by atoms with Gasteiger partial charge in [0.15, 0.2) is 0 Å². The summed E-state index contributed by atoms with van der Waals surface area (Å²) in [4.78, 5) is 2.55. The number of benzene rings is 1. The highest BCUT2D eigenvalue weighted by Crippen LogP contribution is 2.38. The van der Waals surface area contributed by atoms with Crippen LogP contribution in [0.3, 0.4) is 0 Å². The molecule has 2 aliphatic rings. The first kappa shape index (κ1) is 9.08. The number of hydrogen-bond acceptors (Lipinski definition) is 2. The number of nitrogen functional groups attached to an aromatic ring is 1. The summed E-state index contributed by atoms with van der Waals surface area (Å²) in [5.41, 5.74) is 9.84. The number of anilines is 2. The van der Waals surface area contributed by atoms with Crippen molar-refractivity contribution in [1.29, 1.82) is 0 Å². The van der Waals surface area contributed by atoms with Crippen molar-refractivity contribution < 1.29 is 0 Å². The van der Waals surface area contributed by atoms with E-state index >= 15 is 0 Å². The summed E-state index contributed by atoms with van der Waals surface area (Å²) in [6.45, 7) is 1.17. The molecule has 0 aromatic heterocycles. The third kappa shape index (κ3) is 1.39. The zero-order chi connectivity index (χ0) is 10.3. The van der Waals surface area contributed by atoms with Crippen molar-refractivity contribution >= 4 is 11.4 Å². The van der Waals surface area contributed by atoms with E-state index in [1.54, 1.807) is 0 Å². The van der Waals surface area contributed by atoms with Crippen LogP contribution in [0.15, 0.2) is 18.2 Å². The molecule has 15 heavy (non-hydrogen) atoms. The molecule has 0 saturated heterocycles. The third-order valence-electron chi connectivity index (χ3n) is 3.83. The zero-order valence-electron chi connectivity index (χ0n) is 9.08. The van der Waals surface area contributed by atoms with E-state index in [0.29, 0.717) is 0 Å². The molecule has 0 radical (unpaired) electrons. The Morgan fingerprint density at radius 2 is 2.00 bits per heavy atom. The number of fused-ring (bicyclic) bond motifs is 1. The number of nitrogens with two attached hydrogens (primary N) is 1. The van der Waals surface area contributed by atoms with Gasteiger partial charge in [0, 0.05) is 12.6 Å². The molecule has 0 spiro atoms. The molecule has 1 aromatic rings. The average Bonchev–Trinajstić information content (AvgIpc) is 2.85. The van der Waals surface area contributed by atoms with Crippen LogP contribution in [0.2, 0.25) is 0 Å². The normalized spacial score (nSPS) is 20.9.